The van der Waals surface area contributed by atoms with Crippen molar-refractivity contribution in [2.75, 3.05) is 0 Å². The minimum atomic E-state index is 0.998. The summed E-state index contributed by atoms with van der Waals surface area (Å²) in [6.07, 6.45) is 0. The Bertz CT molecular complexity index is 1420. The summed E-state index contributed by atoms with van der Waals surface area (Å²) in [7, 11) is 2.15. The smallest absolute Gasteiger partial charge is 0.234 e. The second-order valence-electron chi connectivity index (χ2n) is 8.43. The van der Waals surface area contributed by atoms with Gasteiger partial charge in [-0.2, -0.15) is 4.57 Å². The van der Waals surface area contributed by atoms with Gasteiger partial charge < -0.3 is 0 Å². The van der Waals surface area contributed by atoms with E-state index in [-0.39, 0.29) is 0 Å². The minimum absolute atomic E-state index is 0.998. The van der Waals surface area contributed by atoms with Crippen LogP contribution >= 0.6 is 0 Å². The first-order valence-electron chi connectivity index (χ1n) is 11.3. The molecule has 0 atom stereocenters. The van der Waals surface area contributed by atoms with E-state index in [0.717, 1.165) is 33.9 Å². The van der Waals surface area contributed by atoms with E-state index >= 15 is 0 Å². The molecule has 0 amide bonds. The molecule has 33 heavy (non-hydrogen) atoms. The summed E-state index contributed by atoms with van der Waals surface area (Å²) in [4.78, 5) is 5.31. The van der Waals surface area contributed by atoms with Crippen LogP contribution in [0.25, 0.3) is 44.9 Å². The molecule has 5 rings (SSSR count). The monoisotopic (exact) mass is 427 g/mol. The van der Waals surface area contributed by atoms with Crippen molar-refractivity contribution in [1.29, 1.82) is 0 Å². The van der Waals surface area contributed by atoms with Crippen LogP contribution in [0, 0.1) is 13.8 Å². The number of hydrogen-bond donors (Lipinski definition) is 0. The molecule has 2 nitrogen and oxygen atoms in total. The molecule has 1 aromatic heterocycles. The van der Waals surface area contributed by atoms with Crippen molar-refractivity contribution >= 4 is 0 Å². The van der Waals surface area contributed by atoms with Gasteiger partial charge in [0.05, 0.1) is 5.56 Å². The van der Waals surface area contributed by atoms with Gasteiger partial charge >= 0.3 is 0 Å². The van der Waals surface area contributed by atoms with E-state index in [0.29, 0.717) is 0 Å². The van der Waals surface area contributed by atoms with Gasteiger partial charge in [0.15, 0.2) is 0 Å². The van der Waals surface area contributed by atoms with E-state index in [1.165, 1.54) is 22.3 Å². The van der Waals surface area contributed by atoms with E-state index in [4.69, 9.17) is 4.98 Å². The van der Waals surface area contributed by atoms with Crippen LogP contribution in [-0.4, -0.2) is 4.98 Å². The average molecular weight is 428 g/mol. The lowest BCUT2D eigenvalue weighted by Gasteiger charge is -2.14. The maximum Gasteiger partial charge on any atom is 0.239 e. The lowest BCUT2D eigenvalue weighted by atomic mass is 9.97. The zero-order valence-electron chi connectivity index (χ0n) is 19.3. The third kappa shape index (κ3) is 3.96. The standard InChI is InChI=1S/C31H27N2/c1-22-13-10-11-20-28(22)31-30(25-16-8-5-9-17-25)32-29(23(2)33(31)3)27-19-12-18-26(21-27)24-14-6-4-7-15-24/h4-21H,1-3H3/q+1. The topological polar surface area (TPSA) is 16.8 Å². The quantitative estimate of drug-likeness (QED) is 0.277. The van der Waals surface area contributed by atoms with E-state index < -0.39 is 0 Å². The van der Waals surface area contributed by atoms with Gasteiger partial charge in [-0.1, -0.05) is 97.1 Å². The van der Waals surface area contributed by atoms with Gasteiger partial charge in [-0.25, -0.2) is 4.98 Å². The van der Waals surface area contributed by atoms with Crippen molar-refractivity contribution in [2.24, 2.45) is 7.05 Å². The number of hydrogen-bond acceptors (Lipinski definition) is 1. The van der Waals surface area contributed by atoms with E-state index in [1.54, 1.807) is 0 Å². The van der Waals surface area contributed by atoms with Crippen molar-refractivity contribution in [3.8, 4) is 44.9 Å². The summed E-state index contributed by atoms with van der Waals surface area (Å²) < 4.78 is 2.29. The van der Waals surface area contributed by atoms with Crippen molar-refractivity contribution in [2.45, 2.75) is 13.8 Å². The Morgan fingerprint density at radius 3 is 1.82 bits per heavy atom. The molecule has 2 heteroatoms. The molecule has 0 aliphatic carbocycles. The molecular formula is C31H27N2+. The van der Waals surface area contributed by atoms with Gasteiger partial charge in [-0.05, 0) is 35.7 Å². The van der Waals surface area contributed by atoms with Gasteiger partial charge in [-0.3, -0.25) is 0 Å². The molecule has 0 fully saturated rings. The van der Waals surface area contributed by atoms with E-state index in [1.807, 2.05) is 0 Å². The lowest BCUT2D eigenvalue weighted by Crippen LogP contribution is -2.37. The van der Waals surface area contributed by atoms with Crippen molar-refractivity contribution < 1.29 is 4.57 Å². The summed E-state index contributed by atoms with van der Waals surface area (Å²) in [5.41, 5.74) is 11.4. The SMILES string of the molecule is Cc1ccccc1-c1c(-c2ccccc2)nc(-c2cccc(-c3ccccc3)c2)c(C)[n+]1C. The second kappa shape index (κ2) is 8.84. The molecule has 4 aromatic carbocycles. The van der Waals surface area contributed by atoms with Crippen LogP contribution in [-0.2, 0) is 7.05 Å². The molecule has 0 unspecified atom stereocenters. The minimum Gasteiger partial charge on any atom is -0.234 e. The molecule has 5 aromatic rings. The Labute approximate surface area is 195 Å². The Kier molecular flexibility index (Phi) is 5.58. The molecule has 0 bridgehead atoms. The highest BCUT2D eigenvalue weighted by Gasteiger charge is 2.26. The number of nitrogens with zero attached hydrogens (tertiary/aromatic N) is 2. The Balaban J connectivity index is 1.76. The fourth-order valence-corrected chi connectivity index (χ4v) is 4.43. The Hall–Kier alpha value is -4.04. The molecule has 160 valence electrons. The van der Waals surface area contributed by atoms with Crippen molar-refractivity contribution in [3.05, 3.63) is 120 Å². The molecule has 0 radical (unpaired) electrons. The fraction of sp³-hybridized carbons (Fsp3) is 0.0968. The summed E-state index contributed by atoms with van der Waals surface area (Å²) in [5, 5.41) is 0. The summed E-state index contributed by atoms with van der Waals surface area (Å²) in [6.45, 7) is 4.32. The third-order valence-corrected chi connectivity index (χ3v) is 6.32. The van der Waals surface area contributed by atoms with Crippen LogP contribution < -0.4 is 4.57 Å². The van der Waals surface area contributed by atoms with Crippen LogP contribution in [0.5, 0.6) is 0 Å². The Morgan fingerprint density at radius 1 is 0.545 bits per heavy atom. The van der Waals surface area contributed by atoms with Crippen LogP contribution in [0.15, 0.2) is 109 Å². The zero-order valence-corrected chi connectivity index (χ0v) is 19.3. The normalized spacial score (nSPS) is 10.9. The van der Waals surface area contributed by atoms with Crippen molar-refractivity contribution in [1.82, 2.24) is 4.98 Å². The van der Waals surface area contributed by atoms with Gasteiger partial charge in [0.25, 0.3) is 0 Å². The lowest BCUT2D eigenvalue weighted by molar-refractivity contribution is -0.666. The largest absolute Gasteiger partial charge is 0.239 e. The predicted octanol–water partition coefficient (Wildman–Crippen LogP) is 7.19. The molecule has 0 N–H and O–H groups in total. The number of aryl methyl sites for hydroxylation is 1. The van der Waals surface area contributed by atoms with Crippen LogP contribution in [0.1, 0.15) is 11.3 Å². The van der Waals surface area contributed by atoms with E-state index in [2.05, 4.69) is 135 Å². The number of benzene rings is 4. The average Bonchev–Trinajstić information content (AvgIpc) is 2.87. The second-order valence-corrected chi connectivity index (χ2v) is 8.43. The highest BCUT2D eigenvalue weighted by atomic mass is 15.0. The highest BCUT2D eigenvalue weighted by molar-refractivity contribution is 5.80. The first kappa shape index (κ1) is 20.8. The first-order chi connectivity index (χ1) is 16.1. The van der Waals surface area contributed by atoms with Gasteiger partial charge in [-0.15, -0.1) is 0 Å². The summed E-state index contributed by atoms with van der Waals surface area (Å²) in [5.74, 6) is 0. The van der Waals surface area contributed by atoms with Crippen LogP contribution in [0.4, 0.5) is 0 Å². The number of aromatic nitrogens is 2. The zero-order chi connectivity index (χ0) is 22.8. The molecule has 1 heterocycles. The van der Waals surface area contributed by atoms with Crippen molar-refractivity contribution in [3.63, 3.8) is 0 Å². The van der Waals surface area contributed by atoms with Crippen LogP contribution in [0.3, 0.4) is 0 Å². The fourth-order valence-electron chi connectivity index (χ4n) is 4.43. The summed E-state index contributed by atoms with van der Waals surface area (Å²) >= 11 is 0. The van der Waals surface area contributed by atoms with Gasteiger partial charge in [0, 0.05) is 18.1 Å². The van der Waals surface area contributed by atoms with Crippen LogP contribution in [0.2, 0.25) is 0 Å². The molecule has 0 saturated heterocycles. The summed E-state index contributed by atoms with van der Waals surface area (Å²) in [6, 6.07) is 38.2. The van der Waals surface area contributed by atoms with Gasteiger partial charge in [0.2, 0.25) is 11.4 Å². The highest BCUT2D eigenvalue weighted by Crippen LogP contribution is 2.34. The molecule has 0 saturated carbocycles. The molecular weight excluding hydrogens is 400 g/mol. The maximum absolute atomic E-state index is 5.31. The maximum atomic E-state index is 5.31. The third-order valence-electron chi connectivity index (χ3n) is 6.32. The van der Waals surface area contributed by atoms with Gasteiger partial charge in [0.1, 0.15) is 18.4 Å². The van der Waals surface area contributed by atoms with E-state index in [9.17, 15) is 0 Å². The number of rotatable bonds is 4. The molecule has 0 aliphatic heterocycles. The Morgan fingerprint density at radius 2 is 1.12 bits per heavy atom. The molecule has 0 spiro atoms. The molecule has 0 aliphatic rings. The first-order valence-corrected chi connectivity index (χ1v) is 11.3. The predicted molar refractivity (Wildman–Crippen MR) is 137 cm³/mol.